The number of benzene rings is 2. The number of carbonyl (C=O) groups excluding carboxylic acids is 1. The second-order valence-electron chi connectivity index (χ2n) is 8.60. The van der Waals surface area contributed by atoms with Gasteiger partial charge in [0.25, 0.3) is 5.91 Å². The first-order valence-electron chi connectivity index (χ1n) is 11.8. The van der Waals surface area contributed by atoms with E-state index >= 15 is 0 Å². The number of thiophene rings is 1. The lowest BCUT2D eigenvalue weighted by Gasteiger charge is -2.17. The summed E-state index contributed by atoms with van der Waals surface area (Å²) in [6.07, 6.45) is 0.517. The zero-order valence-corrected chi connectivity index (χ0v) is 22.8. The molecule has 0 radical (unpaired) electrons. The second-order valence-corrected chi connectivity index (χ2v) is 11.2. The molecule has 1 atom stereocenters. The van der Waals surface area contributed by atoms with Crippen molar-refractivity contribution in [3.63, 3.8) is 0 Å². The maximum Gasteiger partial charge on any atom is 0.356 e. The average Bonchev–Trinajstić information content (AvgIpc) is 3.54. The van der Waals surface area contributed by atoms with Gasteiger partial charge in [-0.2, -0.15) is 9.78 Å². The largest absolute Gasteiger partial charge is 0.476 e. The van der Waals surface area contributed by atoms with Crippen LogP contribution in [0, 0.1) is 12.7 Å². The first-order valence-corrected chi connectivity index (χ1v) is 14.1. The first kappa shape index (κ1) is 28.0. The predicted molar refractivity (Wildman–Crippen MR) is 144 cm³/mol. The zero-order valence-electron chi connectivity index (χ0n) is 21.1. The molecule has 4 rings (SSSR count). The molecule has 3 N–H and O–H groups in total. The minimum absolute atomic E-state index is 0.0747. The Labute approximate surface area is 228 Å². The van der Waals surface area contributed by atoms with Crippen LogP contribution in [0.15, 0.2) is 64.9 Å². The molecule has 0 saturated carbocycles. The van der Waals surface area contributed by atoms with Gasteiger partial charge < -0.3 is 15.2 Å². The molecule has 0 bridgehead atoms. The van der Waals surface area contributed by atoms with Crippen molar-refractivity contribution in [2.75, 3.05) is 5.32 Å². The number of nitrogens with one attached hydrogen (secondary N) is 2. The van der Waals surface area contributed by atoms with Crippen LogP contribution in [0.25, 0.3) is 5.69 Å². The number of nitrogens with zero attached hydrogens (tertiary/aromatic N) is 2. The van der Waals surface area contributed by atoms with E-state index in [1.807, 2.05) is 6.92 Å². The minimum Gasteiger partial charge on any atom is -0.476 e. The smallest absolute Gasteiger partial charge is 0.356 e. The van der Waals surface area contributed by atoms with Gasteiger partial charge in [0, 0.05) is 17.3 Å². The zero-order chi connectivity index (χ0) is 28.3. The van der Waals surface area contributed by atoms with Gasteiger partial charge in [-0.3, -0.25) is 4.79 Å². The summed E-state index contributed by atoms with van der Waals surface area (Å²) in [7, 11) is -4.16. The van der Waals surface area contributed by atoms with E-state index in [1.165, 1.54) is 60.7 Å². The molecule has 0 spiro atoms. The summed E-state index contributed by atoms with van der Waals surface area (Å²) < 4.78 is 50.1. The van der Waals surface area contributed by atoms with E-state index in [0.717, 1.165) is 4.68 Å². The molecular formula is C26H25FN4O6S2. The van der Waals surface area contributed by atoms with Gasteiger partial charge in [-0.1, -0.05) is 13.0 Å². The standard InChI is InChI=1S/C26H25FN4O6S2/c1-4-15(2)30-39(35,36)22-14-18(28-24(32)21-6-5-13-38-21)9-12-20(22)37-25-16(3)23(26(33)34)29-31(25)19-10-7-17(27)8-11-19/h5-15,30H,4H2,1-3H3,(H,28,32)(H,33,34)/t15-/m1/s1. The summed E-state index contributed by atoms with van der Waals surface area (Å²) in [5.74, 6) is -2.45. The molecule has 0 aliphatic carbocycles. The Morgan fingerprint density at radius 3 is 2.51 bits per heavy atom. The van der Waals surface area contributed by atoms with Crippen molar-refractivity contribution in [1.82, 2.24) is 14.5 Å². The van der Waals surface area contributed by atoms with Crippen LogP contribution >= 0.6 is 11.3 Å². The highest BCUT2D eigenvalue weighted by atomic mass is 32.2. The van der Waals surface area contributed by atoms with Gasteiger partial charge >= 0.3 is 5.97 Å². The predicted octanol–water partition coefficient (Wildman–Crippen LogP) is 5.20. The molecule has 0 unspecified atom stereocenters. The van der Waals surface area contributed by atoms with E-state index < -0.39 is 33.8 Å². The van der Waals surface area contributed by atoms with Gasteiger partial charge in [0.05, 0.1) is 10.6 Å². The first-order chi connectivity index (χ1) is 18.5. The fourth-order valence-corrected chi connectivity index (χ4v) is 5.66. The number of carbonyl (C=O) groups is 2. The third kappa shape index (κ3) is 6.16. The number of carboxylic acid groups (broad SMARTS) is 1. The summed E-state index contributed by atoms with van der Waals surface area (Å²) in [6.45, 7) is 4.99. The Morgan fingerprint density at radius 2 is 1.90 bits per heavy atom. The number of aromatic nitrogens is 2. The van der Waals surface area contributed by atoms with Crippen LogP contribution in [0.4, 0.5) is 10.1 Å². The molecule has 2 aromatic carbocycles. The number of hydrogen-bond donors (Lipinski definition) is 3. The molecular weight excluding hydrogens is 547 g/mol. The Hall–Kier alpha value is -4.07. The van der Waals surface area contributed by atoms with Crippen LogP contribution in [-0.2, 0) is 10.0 Å². The highest BCUT2D eigenvalue weighted by Gasteiger charge is 2.27. The molecule has 1 amide bonds. The van der Waals surface area contributed by atoms with E-state index in [1.54, 1.807) is 24.4 Å². The number of ether oxygens (including phenoxy) is 1. The topological polar surface area (TPSA) is 140 Å². The van der Waals surface area contributed by atoms with E-state index in [4.69, 9.17) is 4.74 Å². The summed E-state index contributed by atoms with van der Waals surface area (Å²) in [6, 6.07) is 12.2. The molecule has 13 heteroatoms. The number of aromatic carboxylic acids is 1. The molecule has 39 heavy (non-hydrogen) atoms. The Balaban J connectivity index is 1.82. The number of rotatable bonds is 10. The summed E-state index contributed by atoms with van der Waals surface area (Å²) in [5.41, 5.74) is 0.306. The molecule has 0 saturated heterocycles. The Bertz CT molecular complexity index is 1620. The SMILES string of the molecule is CC[C@@H](C)NS(=O)(=O)c1cc(NC(=O)c2cccs2)ccc1Oc1c(C)c(C(=O)O)nn1-c1ccc(F)cc1. The van der Waals surface area contributed by atoms with Crippen molar-refractivity contribution in [3.05, 3.63) is 81.9 Å². The van der Waals surface area contributed by atoms with Crippen LogP contribution in [0.2, 0.25) is 0 Å². The van der Waals surface area contributed by atoms with Gasteiger partial charge in [0.15, 0.2) is 5.69 Å². The highest BCUT2D eigenvalue weighted by molar-refractivity contribution is 7.89. The Morgan fingerprint density at radius 1 is 1.18 bits per heavy atom. The number of sulfonamides is 1. The van der Waals surface area contributed by atoms with Gasteiger partial charge in [-0.25, -0.2) is 22.3 Å². The minimum atomic E-state index is -4.16. The number of halogens is 1. The van der Waals surface area contributed by atoms with Crippen molar-refractivity contribution < 1.29 is 32.2 Å². The van der Waals surface area contributed by atoms with Crippen LogP contribution < -0.4 is 14.8 Å². The maximum absolute atomic E-state index is 13.5. The van der Waals surface area contributed by atoms with Crippen molar-refractivity contribution in [2.24, 2.45) is 0 Å². The molecule has 0 aliphatic rings. The fraction of sp³-hybridized carbons (Fsp3) is 0.192. The van der Waals surface area contributed by atoms with Crippen LogP contribution in [0.3, 0.4) is 0 Å². The van der Waals surface area contributed by atoms with E-state index in [-0.39, 0.29) is 33.5 Å². The second kappa shape index (κ2) is 11.4. The lowest BCUT2D eigenvalue weighted by molar-refractivity contribution is 0.0689. The number of amides is 1. The summed E-state index contributed by atoms with van der Waals surface area (Å²) in [5, 5.41) is 18.2. The average molecular weight is 573 g/mol. The lowest BCUT2D eigenvalue weighted by atomic mass is 10.2. The number of hydrogen-bond acceptors (Lipinski definition) is 7. The van der Waals surface area contributed by atoms with Crippen molar-refractivity contribution >= 4 is 38.9 Å². The number of carboxylic acids is 1. The summed E-state index contributed by atoms with van der Waals surface area (Å²) >= 11 is 1.23. The molecule has 2 aromatic heterocycles. The molecule has 4 aromatic rings. The van der Waals surface area contributed by atoms with Gasteiger partial charge in [0.1, 0.15) is 16.5 Å². The molecule has 0 fully saturated rings. The van der Waals surface area contributed by atoms with Gasteiger partial charge in [-0.05, 0) is 74.2 Å². The number of anilines is 1. The molecule has 2 heterocycles. The van der Waals surface area contributed by atoms with Crippen LogP contribution in [0.5, 0.6) is 11.6 Å². The monoisotopic (exact) mass is 572 g/mol. The third-order valence-electron chi connectivity index (χ3n) is 5.75. The van der Waals surface area contributed by atoms with Crippen molar-refractivity contribution in [2.45, 2.75) is 38.1 Å². The van der Waals surface area contributed by atoms with E-state index in [2.05, 4.69) is 15.1 Å². The van der Waals surface area contributed by atoms with E-state index in [9.17, 15) is 27.5 Å². The van der Waals surface area contributed by atoms with Crippen LogP contribution in [0.1, 0.15) is 46.0 Å². The fourth-order valence-electron chi connectivity index (χ4n) is 3.56. The summed E-state index contributed by atoms with van der Waals surface area (Å²) in [4.78, 5) is 24.6. The highest BCUT2D eigenvalue weighted by Crippen LogP contribution is 2.35. The lowest BCUT2D eigenvalue weighted by Crippen LogP contribution is -2.32. The van der Waals surface area contributed by atoms with Gasteiger partial charge in [0.2, 0.25) is 15.9 Å². The molecule has 10 nitrogen and oxygen atoms in total. The van der Waals surface area contributed by atoms with E-state index in [0.29, 0.717) is 17.0 Å². The molecule has 0 aliphatic heterocycles. The van der Waals surface area contributed by atoms with Gasteiger partial charge in [-0.15, -0.1) is 11.3 Å². The quantitative estimate of drug-likeness (QED) is 0.237. The third-order valence-corrected chi connectivity index (χ3v) is 8.23. The molecule has 204 valence electrons. The Kier molecular flexibility index (Phi) is 8.14. The van der Waals surface area contributed by atoms with Crippen molar-refractivity contribution in [3.8, 4) is 17.3 Å². The maximum atomic E-state index is 13.5. The van der Waals surface area contributed by atoms with Crippen LogP contribution in [-0.4, -0.2) is 41.2 Å². The normalized spacial score (nSPS) is 12.2. The van der Waals surface area contributed by atoms with Crippen molar-refractivity contribution in [1.29, 1.82) is 0 Å².